The van der Waals surface area contributed by atoms with Crippen LogP contribution in [0.3, 0.4) is 0 Å². The van der Waals surface area contributed by atoms with Gasteiger partial charge in [-0.15, -0.1) is 0 Å². The second kappa shape index (κ2) is 10.3. The van der Waals surface area contributed by atoms with Crippen LogP contribution in [0.25, 0.3) is 0 Å². The monoisotopic (exact) mass is 387 g/mol. The number of hydrogen-bond acceptors (Lipinski definition) is 6. The number of rotatable bonds is 10. The highest BCUT2D eigenvalue weighted by atomic mass is 16.2. The van der Waals surface area contributed by atoms with Crippen LogP contribution in [0.15, 0.2) is 18.3 Å². The lowest BCUT2D eigenvalue weighted by Gasteiger charge is -2.13. The van der Waals surface area contributed by atoms with Gasteiger partial charge in [-0.1, -0.05) is 6.42 Å². The highest BCUT2D eigenvalue weighted by Crippen LogP contribution is 2.07. The molecule has 0 unspecified atom stereocenters. The normalized spacial score (nSPS) is 13.1. The van der Waals surface area contributed by atoms with E-state index in [1.54, 1.807) is 13.8 Å². The van der Waals surface area contributed by atoms with Gasteiger partial charge in [0.1, 0.15) is 5.82 Å². The molecule has 1 aromatic heterocycles. The van der Waals surface area contributed by atoms with Gasteiger partial charge in [0.25, 0.3) is 17.7 Å². The number of unbranched alkanes of at least 4 members (excludes halogenated alkanes) is 2. The van der Waals surface area contributed by atoms with Crippen LogP contribution in [-0.4, -0.2) is 58.1 Å². The molecule has 0 spiro atoms. The maximum Gasteiger partial charge on any atom is 0.254 e. The second-order valence-electron chi connectivity index (χ2n) is 6.49. The topological polar surface area (TPSA) is 121 Å². The van der Waals surface area contributed by atoms with Crippen LogP contribution in [0, 0.1) is 13.8 Å². The van der Waals surface area contributed by atoms with Crippen molar-refractivity contribution in [2.45, 2.75) is 39.5 Å². The number of imide groups is 1. The average molecular weight is 387 g/mol. The van der Waals surface area contributed by atoms with E-state index in [-0.39, 0.29) is 23.6 Å². The Morgan fingerprint density at radius 2 is 1.68 bits per heavy atom. The number of aromatic nitrogens is 2. The molecule has 2 N–H and O–H groups in total. The summed E-state index contributed by atoms with van der Waals surface area (Å²) >= 11 is 0. The van der Waals surface area contributed by atoms with Gasteiger partial charge < -0.3 is 10.6 Å². The van der Waals surface area contributed by atoms with Crippen LogP contribution in [0.1, 0.15) is 47.6 Å². The Bertz CT molecular complexity index is 773. The number of carbonyl (C=O) groups is 4. The number of nitrogens with zero attached hydrogens (tertiary/aromatic N) is 3. The van der Waals surface area contributed by atoms with Crippen molar-refractivity contribution in [2.75, 3.05) is 19.6 Å². The maximum absolute atomic E-state index is 12.1. The first-order chi connectivity index (χ1) is 13.4. The second-order valence-corrected chi connectivity index (χ2v) is 6.49. The number of amides is 4. The third-order valence-corrected chi connectivity index (χ3v) is 4.26. The van der Waals surface area contributed by atoms with Crippen LogP contribution in [-0.2, 0) is 14.4 Å². The molecule has 9 heteroatoms. The van der Waals surface area contributed by atoms with Gasteiger partial charge in [-0.25, -0.2) is 9.97 Å². The van der Waals surface area contributed by atoms with Gasteiger partial charge in [-0.05, 0) is 26.7 Å². The molecule has 0 atom stereocenters. The molecule has 0 saturated heterocycles. The van der Waals surface area contributed by atoms with E-state index in [1.807, 2.05) is 0 Å². The van der Waals surface area contributed by atoms with E-state index in [1.165, 1.54) is 23.2 Å². The standard InChI is InChI=1S/C19H25N5O4/c1-13-15(12-22-14(2)23-13)19(28)21-10-9-20-16(25)6-4-3-5-11-24-17(26)7-8-18(24)27/h7-8,12H,3-6,9-11H2,1-2H3,(H,20,25)(H,21,28). The molecule has 1 aromatic rings. The van der Waals surface area contributed by atoms with E-state index < -0.39 is 0 Å². The van der Waals surface area contributed by atoms with Crippen molar-refractivity contribution < 1.29 is 19.2 Å². The lowest BCUT2D eigenvalue weighted by atomic mass is 10.2. The third-order valence-electron chi connectivity index (χ3n) is 4.26. The van der Waals surface area contributed by atoms with Gasteiger partial charge in [-0.2, -0.15) is 0 Å². The van der Waals surface area contributed by atoms with Crippen molar-refractivity contribution in [3.63, 3.8) is 0 Å². The van der Waals surface area contributed by atoms with Crippen LogP contribution >= 0.6 is 0 Å². The Kier molecular flexibility index (Phi) is 7.79. The fourth-order valence-electron chi connectivity index (χ4n) is 2.75. The summed E-state index contributed by atoms with van der Waals surface area (Å²) in [5.41, 5.74) is 1.03. The first-order valence-corrected chi connectivity index (χ1v) is 9.27. The summed E-state index contributed by atoms with van der Waals surface area (Å²) in [6.07, 6.45) is 6.46. The maximum atomic E-state index is 12.1. The summed E-state index contributed by atoms with van der Waals surface area (Å²) in [6.45, 7) is 4.52. The summed E-state index contributed by atoms with van der Waals surface area (Å²) < 4.78 is 0. The molecular weight excluding hydrogens is 362 g/mol. The molecule has 150 valence electrons. The molecule has 1 aliphatic rings. The summed E-state index contributed by atoms with van der Waals surface area (Å²) in [7, 11) is 0. The summed E-state index contributed by atoms with van der Waals surface area (Å²) in [5, 5.41) is 5.47. The molecular formula is C19H25N5O4. The van der Waals surface area contributed by atoms with Crippen molar-refractivity contribution in [3.05, 3.63) is 35.4 Å². The zero-order valence-electron chi connectivity index (χ0n) is 16.2. The minimum absolute atomic E-state index is 0.0981. The predicted molar refractivity (Wildman–Crippen MR) is 101 cm³/mol. The molecule has 28 heavy (non-hydrogen) atoms. The molecule has 0 aromatic carbocycles. The molecule has 0 saturated carbocycles. The summed E-state index contributed by atoms with van der Waals surface area (Å²) in [5.74, 6) is -0.322. The first kappa shape index (κ1) is 21.2. The number of hydrogen-bond donors (Lipinski definition) is 2. The molecule has 2 rings (SSSR count). The lowest BCUT2D eigenvalue weighted by molar-refractivity contribution is -0.137. The Labute approximate surface area is 163 Å². The van der Waals surface area contributed by atoms with E-state index >= 15 is 0 Å². The largest absolute Gasteiger partial charge is 0.354 e. The molecule has 0 aliphatic carbocycles. The molecule has 9 nitrogen and oxygen atoms in total. The summed E-state index contributed by atoms with van der Waals surface area (Å²) in [4.78, 5) is 56.0. The lowest BCUT2D eigenvalue weighted by Crippen LogP contribution is -2.35. The van der Waals surface area contributed by atoms with Crippen LogP contribution in [0.5, 0.6) is 0 Å². The highest BCUT2D eigenvalue weighted by Gasteiger charge is 2.22. The van der Waals surface area contributed by atoms with Gasteiger partial charge in [-0.3, -0.25) is 24.1 Å². The fraction of sp³-hybridized carbons (Fsp3) is 0.474. The van der Waals surface area contributed by atoms with Gasteiger partial charge >= 0.3 is 0 Å². The van der Waals surface area contributed by atoms with E-state index in [4.69, 9.17) is 0 Å². The van der Waals surface area contributed by atoms with Crippen LogP contribution in [0.2, 0.25) is 0 Å². The zero-order valence-corrected chi connectivity index (χ0v) is 16.2. The first-order valence-electron chi connectivity index (χ1n) is 9.27. The van der Waals surface area contributed by atoms with E-state index in [9.17, 15) is 19.2 Å². The minimum Gasteiger partial charge on any atom is -0.354 e. The Morgan fingerprint density at radius 3 is 2.36 bits per heavy atom. The minimum atomic E-state index is -0.280. The fourth-order valence-corrected chi connectivity index (χ4v) is 2.75. The predicted octanol–water partition coefficient (Wildman–Crippen LogP) is 0.425. The van der Waals surface area contributed by atoms with E-state index in [0.29, 0.717) is 56.0 Å². The number of aryl methyl sites for hydroxylation is 2. The van der Waals surface area contributed by atoms with Gasteiger partial charge in [0.15, 0.2) is 0 Å². The van der Waals surface area contributed by atoms with Crippen molar-refractivity contribution >= 4 is 23.6 Å². The smallest absolute Gasteiger partial charge is 0.254 e. The van der Waals surface area contributed by atoms with Crippen molar-refractivity contribution in [1.29, 1.82) is 0 Å². The number of carbonyl (C=O) groups excluding carboxylic acids is 4. The highest BCUT2D eigenvalue weighted by molar-refractivity contribution is 6.12. The Morgan fingerprint density at radius 1 is 1.00 bits per heavy atom. The molecule has 0 fully saturated rings. The van der Waals surface area contributed by atoms with E-state index in [0.717, 1.165) is 6.42 Å². The average Bonchev–Trinajstić information content (AvgIpc) is 2.96. The zero-order chi connectivity index (χ0) is 20.5. The van der Waals surface area contributed by atoms with Crippen LogP contribution in [0.4, 0.5) is 0 Å². The number of nitrogens with one attached hydrogen (secondary N) is 2. The third kappa shape index (κ3) is 6.26. The van der Waals surface area contributed by atoms with Crippen molar-refractivity contribution in [3.8, 4) is 0 Å². The molecule has 2 heterocycles. The Balaban J connectivity index is 1.53. The van der Waals surface area contributed by atoms with Crippen molar-refractivity contribution in [1.82, 2.24) is 25.5 Å². The summed E-state index contributed by atoms with van der Waals surface area (Å²) in [6, 6.07) is 0. The molecule has 1 aliphatic heterocycles. The molecule has 0 radical (unpaired) electrons. The van der Waals surface area contributed by atoms with Gasteiger partial charge in [0.2, 0.25) is 5.91 Å². The Hall–Kier alpha value is -3.10. The van der Waals surface area contributed by atoms with Crippen molar-refractivity contribution in [2.24, 2.45) is 0 Å². The van der Waals surface area contributed by atoms with Gasteiger partial charge in [0, 0.05) is 44.4 Å². The quantitative estimate of drug-likeness (QED) is 0.443. The molecule has 0 bridgehead atoms. The van der Waals surface area contributed by atoms with Gasteiger partial charge in [0.05, 0.1) is 11.3 Å². The van der Waals surface area contributed by atoms with E-state index in [2.05, 4.69) is 20.6 Å². The SMILES string of the molecule is Cc1ncc(C(=O)NCCNC(=O)CCCCCN2C(=O)C=CC2=O)c(C)n1. The molecule has 4 amide bonds. The van der Waals surface area contributed by atoms with Crippen LogP contribution < -0.4 is 10.6 Å².